The third-order valence-corrected chi connectivity index (χ3v) is 3.32. The van der Waals surface area contributed by atoms with Crippen molar-refractivity contribution in [3.05, 3.63) is 64.4 Å². The summed E-state index contributed by atoms with van der Waals surface area (Å²) in [5.74, 6) is -1.56. The van der Waals surface area contributed by atoms with Gasteiger partial charge in [-0.1, -0.05) is 23.7 Å². The van der Waals surface area contributed by atoms with Gasteiger partial charge in [0, 0.05) is 17.6 Å². The summed E-state index contributed by atoms with van der Waals surface area (Å²) in [7, 11) is 1.34. The summed E-state index contributed by atoms with van der Waals surface area (Å²) in [6.45, 7) is 0.216. The molecule has 0 aliphatic carbocycles. The lowest BCUT2D eigenvalue weighted by Gasteiger charge is -2.09. The first-order valence-electron chi connectivity index (χ1n) is 7.21. The van der Waals surface area contributed by atoms with Crippen LogP contribution in [0.2, 0.25) is 5.02 Å². The highest BCUT2D eigenvalue weighted by atomic mass is 35.5. The van der Waals surface area contributed by atoms with Crippen LogP contribution in [0.1, 0.15) is 11.1 Å². The first-order valence-corrected chi connectivity index (χ1v) is 7.59. The molecule has 0 aromatic heterocycles. The predicted molar refractivity (Wildman–Crippen MR) is 92.0 cm³/mol. The van der Waals surface area contributed by atoms with Gasteiger partial charge in [-0.3, -0.25) is 9.59 Å². The molecular weight excluding hydrogens is 349 g/mol. The van der Waals surface area contributed by atoms with Gasteiger partial charge in [0.2, 0.25) is 0 Å². The minimum Gasteiger partial charge on any atom is -0.488 e. The van der Waals surface area contributed by atoms with Crippen molar-refractivity contribution in [1.29, 1.82) is 0 Å². The van der Waals surface area contributed by atoms with Crippen LogP contribution in [0.15, 0.2) is 47.6 Å². The van der Waals surface area contributed by atoms with E-state index in [2.05, 4.69) is 15.8 Å². The average Bonchev–Trinajstić information content (AvgIpc) is 2.61. The van der Waals surface area contributed by atoms with Crippen molar-refractivity contribution in [1.82, 2.24) is 10.7 Å². The van der Waals surface area contributed by atoms with Crippen molar-refractivity contribution in [3.63, 3.8) is 0 Å². The fourth-order valence-electron chi connectivity index (χ4n) is 1.82. The summed E-state index contributed by atoms with van der Waals surface area (Å²) in [6.07, 6.45) is 1.31. The van der Waals surface area contributed by atoms with Crippen molar-refractivity contribution in [2.75, 3.05) is 7.05 Å². The Morgan fingerprint density at radius 3 is 2.60 bits per heavy atom. The Morgan fingerprint density at radius 2 is 1.92 bits per heavy atom. The summed E-state index contributed by atoms with van der Waals surface area (Å²) < 4.78 is 18.6. The van der Waals surface area contributed by atoms with Gasteiger partial charge in [0.1, 0.15) is 18.2 Å². The van der Waals surface area contributed by atoms with Gasteiger partial charge in [0.15, 0.2) is 0 Å². The molecule has 8 heteroatoms. The van der Waals surface area contributed by atoms with E-state index in [9.17, 15) is 14.0 Å². The third-order valence-electron chi connectivity index (χ3n) is 3.08. The fraction of sp³-hybridized carbons (Fsp3) is 0.118. The number of likely N-dealkylation sites (N-methyl/N-ethyl adjacent to an activating group) is 1. The molecule has 2 aromatic carbocycles. The van der Waals surface area contributed by atoms with E-state index in [1.54, 1.807) is 30.3 Å². The zero-order valence-electron chi connectivity index (χ0n) is 13.3. The Balaban J connectivity index is 2.07. The lowest BCUT2D eigenvalue weighted by atomic mass is 10.2. The summed E-state index contributed by atoms with van der Waals surface area (Å²) >= 11 is 5.96. The molecule has 0 aliphatic rings. The number of carbonyl (C=O) groups excluding carboxylic acids is 2. The molecule has 2 aromatic rings. The van der Waals surface area contributed by atoms with Crippen LogP contribution in [-0.4, -0.2) is 25.1 Å². The summed E-state index contributed by atoms with van der Waals surface area (Å²) in [4.78, 5) is 22.4. The first-order chi connectivity index (χ1) is 12.0. The summed E-state index contributed by atoms with van der Waals surface area (Å²) in [5.41, 5.74) is 3.38. The Kier molecular flexibility index (Phi) is 6.47. The van der Waals surface area contributed by atoms with Crippen LogP contribution < -0.4 is 15.5 Å². The minimum absolute atomic E-state index is 0.216. The highest BCUT2D eigenvalue weighted by Crippen LogP contribution is 2.22. The largest absolute Gasteiger partial charge is 0.488 e. The number of nitrogens with zero attached hydrogens (tertiary/aromatic N) is 1. The van der Waals surface area contributed by atoms with E-state index in [-0.39, 0.29) is 12.4 Å². The fourth-order valence-corrected chi connectivity index (χ4v) is 2.00. The van der Waals surface area contributed by atoms with Crippen molar-refractivity contribution < 1.29 is 18.7 Å². The van der Waals surface area contributed by atoms with Gasteiger partial charge in [-0.25, -0.2) is 9.82 Å². The molecule has 0 aliphatic heterocycles. The lowest BCUT2D eigenvalue weighted by molar-refractivity contribution is -0.138. The molecular formula is C17H15ClFN3O3. The van der Waals surface area contributed by atoms with Gasteiger partial charge in [-0.2, -0.15) is 5.10 Å². The molecule has 0 saturated carbocycles. The zero-order chi connectivity index (χ0) is 18.2. The Labute approximate surface area is 148 Å². The molecule has 0 spiro atoms. The molecule has 0 heterocycles. The van der Waals surface area contributed by atoms with Gasteiger partial charge in [-0.15, -0.1) is 0 Å². The molecule has 2 N–H and O–H groups in total. The monoisotopic (exact) mass is 363 g/mol. The van der Waals surface area contributed by atoms with Crippen LogP contribution in [0.4, 0.5) is 4.39 Å². The van der Waals surface area contributed by atoms with E-state index >= 15 is 0 Å². The molecule has 130 valence electrons. The normalized spacial score (nSPS) is 10.5. The molecule has 0 unspecified atom stereocenters. The summed E-state index contributed by atoms with van der Waals surface area (Å²) in [6, 6.07) is 10.8. The number of halogens is 2. The predicted octanol–water partition coefficient (Wildman–Crippen LogP) is 2.25. The number of hydrogen-bond acceptors (Lipinski definition) is 4. The van der Waals surface area contributed by atoms with Gasteiger partial charge < -0.3 is 10.1 Å². The van der Waals surface area contributed by atoms with Gasteiger partial charge >= 0.3 is 11.8 Å². The van der Waals surface area contributed by atoms with Crippen LogP contribution in [0.5, 0.6) is 5.75 Å². The van der Waals surface area contributed by atoms with E-state index in [0.717, 1.165) is 5.56 Å². The van der Waals surface area contributed by atoms with Gasteiger partial charge in [0.25, 0.3) is 0 Å². The second kappa shape index (κ2) is 8.79. The van der Waals surface area contributed by atoms with E-state index in [1.807, 2.05) is 0 Å². The van der Waals surface area contributed by atoms with Crippen LogP contribution in [0.3, 0.4) is 0 Å². The number of hydrazone groups is 1. The van der Waals surface area contributed by atoms with Crippen LogP contribution in [-0.2, 0) is 16.2 Å². The van der Waals surface area contributed by atoms with Crippen LogP contribution in [0.25, 0.3) is 0 Å². The van der Waals surface area contributed by atoms with Crippen molar-refractivity contribution in [2.24, 2.45) is 5.10 Å². The van der Waals surface area contributed by atoms with E-state index in [0.29, 0.717) is 16.3 Å². The lowest BCUT2D eigenvalue weighted by Crippen LogP contribution is -2.35. The number of hydrogen-bond donors (Lipinski definition) is 2. The molecule has 6 nitrogen and oxygen atoms in total. The highest BCUT2D eigenvalue weighted by molar-refractivity contribution is 6.35. The van der Waals surface area contributed by atoms with E-state index < -0.39 is 11.8 Å². The standard InChI is InChI=1S/C17H15ClFN3O3/c1-20-16(23)17(24)22-21-9-12-8-13(18)4-7-15(12)25-10-11-2-5-14(19)6-3-11/h2-9H,10H2,1H3,(H,20,23)(H,22,24)/b21-9-. The molecule has 25 heavy (non-hydrogen) atoms. The SMILES string of the molecule is CNC(=O)C(=O)N/N=C\c1cc(Cl)ccc1OCc1ccc(F)cc1. The topological polar surface area (TPSA) is 79.8 Å². The van der Waals surface area contributed by atoms with E-state index in [1.165, 1.54) is 25.4 Å². The Morgan fingerprint density at radius 1 is 1.20 bits per heavy atom. The average molecular weight is 364 g/mol. The molecule has 0 atom stereocenters. The maximum absolute atomic E-state index is 12.9. The summed E-state index contributed by atoms with van der Waals surface area (Å²) in [5, 5.41) is 6.34. The maximum Gasteiger partial charge on any atom is 0.329 e. The number of rotatable bonds is 5. The van der Waals surface area contributed by atoms with Crippen LogP contribution >= 0.6 is 11.6 Å². The number of ether oxygens (including phenoxy) is 1. The molecule has 0 bridgehead atoms. The molecule has 0 fully saturated rings. The Bertz CT molecular complexity index is 794. The number of amides is 2. The number of nitrogens with one attached hydrogen (secondary N) is 2. The second-order valence-electron chi connectivity index (χ2n) is 4.88. The first kappa shape index (κ1) is 18.4. The second-order valence-corrected chi connectivity index (χ2v) is 5.31. The number of carbonyl (C=O) groups is 2. The van der Waals surface area contributed by atoms with Crippen molar-refractivity contribution >= 4 is 29.6 Å². The third kappa shape index (κ3) is 5.58. The smallest absolute Gasteiger partial charge is 0.329 e. The molecule has 0 radical (unpaired) electrons. The maximum atomic E-state index is 12.9. The highest BCUT2D eigenvalue weighted by Gasteiger charge is 2.09. The molecule has 2 rings (SSSR count). The van der Waals surface area contributed by atoms with Gasteiger partial charge in [-0.05, 0) is 35.9 Å². The van der Waals surface area contributed by atoms with Crippen LogP contribution in [0, 0.1) is 5.82 Å². The number of benzene rings is 2. The van der Waals surface area contributed by atoms with E-state index in [4.69, 9.17) is 16.3 Å². The minimum atomic E-state index is -0.894. The molecule has 2 amide bonds. The van der Waals surface area contributed by atoms with Crippen molar-refractivity contribution in [3.8, 4) is 5.75 Å². The molecule has 0 saturated heterocycles. The van der Waals surface area contributed by atoms with Gasteiger partial charge in [0.05, 0.1) is 6.21 Å². The Hall–Kier alpha value is -2.93. The quantitative estimate of drug-likeness (QED) is 0.486. The van der Waals surface area contributed by atoms with Crippen molar-refractivity contribution in [2.45, 2.75) is 6.61 Å². The zero-order valence-corrected chi connectivity index (χ0v) is 14.0.